The average Bonchev–Trinajstić information content (AvgIpc) is 2.17. The van der Waals surface area contributed by atoms with Gasteiger partial charge in [-0.2, -0.15) is 11.8 Å². The van der Waals surface area contributed by atoms with Crippen LogP contribution in [0, 0.1) is 5.82 Å². The second kappa shape index (κ2) is 5.72. The highest BCUT2D eigenvalue weighted by Gasteiger charge is 2.09. The van der Waals surface area contributed by atoms with E-state index in [-0.39, 0.29) is 12.2 Å². The van der Waals surface area contributed by atoms with E-state index in [4.69, 9.17) is 10.2 Å². The molecule has 5 heteroatoms. The summed E-state index contributed by atoms with van der Waals surface area (Å²) in [7, 11) is 0. The third-order valence-corrected chi connectivity index (χ3v) is 2.78. The number of hydrogen-bond donors (Lipinski definition) is 2. The van der Waals surface area contributed by atoms with Gasteiger partial charge in [0.05, 0.1) is 12.2 Å². The van der Waals surface area contributed by atoms with Crippen molar-refractivity contribution in [2.75, 3.05) is 12.4 Å². The van der Waals surface area contributed by atoms with E-state index >= 15 is 0 Å². The Morgan fingerprint density at radius 2 is 2.20 bits per heavy atom. The third-order valence-electron chi connectivity index (χ3n) is 1.77. The minimum atomic E-state index is -1.26. The van der Waals surface area contributed by atoms with E-state index < -0.39 is 11.8 Å². The predicted molar refractivity (Wildman–Crippen MR) is 56.6 cm³/mol. The molecule has 0 aliphatic rings. The molecule has 1 rings (SSSR count). The van der Waals surface area contributed by atoms with E-state index in [1.54, 1.807) is 6.07 Å². The Balaban J connectivity index is 2.69. The monoisotopic (exact) mass is 230 g/mol. The first-order chi connectivity index (χ1) is 7.15. The van der Waals surface area contributed by atoms with Crippen molar-refractivity contribution in [3.05, 3.63) is 35.1 Å². The molecule has 0 spiro atoms. The van der Waals surface area contributed by atoms with E-state index in [1.165, 1.54) is 23.9 Å². The Hall–Kier alpha value is -1.07. The number of benzene rings is 1. The Morgan fingerprint density at radius 3 is 2.73 bits per heavy atom. The molecule has 1 aromatic rings. The van der Waals surface area contributed by atoms with Crippen LogP contribution in [-0.4, -0.2) is 28.5 Å². The van der Waals surface area contributed by atoms with Crippen molar-refractivity contribution >= 4 is 17.7 Å². The van der Waals surface area contributed by atoms with Gasteiger partial charge in [-0.05, 0) is 17.7 Å². The molecule has 2 N–H and O–H groups in total. The molecule has 0 amide bonds. The number of rotatable bonds is 5. The highest BCUT2D eigenvalue weighted by Crippen LogP contribution is 2.15. The highest BCUT2D eigenvalue weighted by atomic mass is 32.2. The second-order valence-corrected chi connectivity index (χ2v) is 4.00. The maximum absolute atomic E-state index is 13.2. The molecule has 15 heavy (non-hydrogen) atoms. The smallest absolute Gasteiger partial charge is 0.338 e. The molecule has 0 aromatic heterocycles. The number of aliphatic hydroxyl groups is 1. The fourth-order valence-electron chi connectivity index (χ4n) is 1.08. The molecule has 0 fully saturated rings. The normalized spacial score (nSPS) is 10.3. The van der Waals surface area contributed by atoms with Crippen LogP contribution in [0.4, 0.5) is 4.39 Å². The van der Waals surface area contributed by atoms with Crippen LogP contribution in [0.5, 0.6) is 0 Å². The van der Waals surface area contributed by atoms with Crippen LogP contribution in [0.1, 0.15) is 15.9 Å². The lowest BCUT2D eigenvalue weighted by molar-refractivity contribution is 0.0692. The maximum atomic E-state index is 13.2. The lowest BCUT2D eigenvalue weighted by Crippen LogP contribution is -2.01. The van der Waals surface area contributed by atoms with Crippen LogP contribution >= 0.6 is 11.8 Å². The van der Waals surface area contributed by atoms with Gasteiger partial charge in [-0.3, -0.25) is 0 Å². The number of aromatic carboxylic acids is 1. The number of carboxylic acid groups (broad SMARTS) is 1. The molecule has 0 saturated heterocycles. The molecule has 0 atom stereocenters. The predicted octanol–water partition coefficient (Wildman–Crippen LogP) is 1.75. The largest absolute Gasteiger partial charge is 0.478 e. The first-order valence-corrected chi connectivity index (χ1v) is 5.51. The first-order valence-electron chi connectivity index (χ1n) is 4.35. The summed E-state index contributed by atoms with van der Waals surface area (Å²) in [4.78, 5) is 10.5. The molecule has 1 aromatic carbocycles. The fourth-order valence-corrected chi connectivity index (χ4v) is 1.77. The van der Waals surface area contributed by atoms with Crippen molar-refractivity contribution in [3.63, 3.8) is 0 Å². The lowest BCUT2D eigenvalue weighted by atomic mass is 10.1. The van der Waals surface area contributed by atoms with Crippen LogP contribution in [0.15, 0.2) is 18.2 Å². The molecule has 0 radical (unpaired) electrons. The van der Waals surface area contributed by atoms with Crippen molar-refractivity contribution in [3.8, 4) is 0 Å². The van der Waals surface area contributed by atoms with Crippen molar-refractivity contribution < 1.29 is 19.4 Å². The summed E-state index contributed by atoms with van der Waals surface area (Å²) in [5, 5.41) is 17.1. The van der Waals surface area contributed by atoms with Crippen molar-refractivity contribution in [2.45, 2.75) is 5.75 Å². The zero-order chi connectivity index (χ0) is 11.3. The number of hydrogen-bond acceptors (Lipinski definition) is 3. The molecule has 0 saturated carbocycles. The summed E-state index contributed by atoms with van der Waals surface area (Å²) in [5.41, 5.74) is 0.404. The van der Waals surface area contributed by atoms with Gasteiger partial charge >= 0.3 is 5.97 Å². The molecule has 0 aliphatic carbocycles. The van der Waals surface area contributed by atoms with Crippen molar-refractivity contribution in [1.29, 1.82) is 0 Å². The Labute approximate surface area is 90.9 Å². The lowest BCUT2D eigenvalue weighted by Gasteiger charge is -2.02. The van der Waals surface area contributed by atoms with Gasteiger partial charge in [-0.1, -0.05) is 6.07 Å². The average molecular weight is 230 g/mol. The van der Waals surface area contributed by atoms with Gasteiger partial charge in [0.1, 0.15) is 5.82 Å². The number of carboxylic acids is 1. The van der Waals surface area contributed by atoms with Gasteiger partial charge < -0.3 is 10.2 Å². The topological polar surface area (TPSA) is 57.5 Å². The van der Waals surface area contributed by atoms with Crippen LogP contribution < -0.4 is 0 Å². The van der Waals surface area contributed by atoms with Crippen LogP contribution in [0.25, 0.3) is 0 Å². The molecular weight excluding hydrogens is 219 g/mol. The number of aliphatic hydroxyl groups excluding tert-OH is 1. The third kappa shape index (κ3) is 3.53. The molecule has 3 nitrogen and oxygen atoms in total. The quantitative estimate of drug-likeness (QED) is 0.757. The Morgan fingerprint density at radius 1 is 1.47 bits per heavy atom. The number of carbonyl (C=O) groups is 1. The van der Waals surface area contributed by atoms with Gasteiger partial charge in [0.25, 0.3) is 0 Å². The zero-order valence-corrected chi connectivity index (χ0v) is 8.76. The van der Waals surface area contributed by atoms with E-state index in [9.17, 15) is 9.18 Å². The van der Waals surface area contributed by atoms with Gasteiger partial charge in [0.15, 0.2) is 0 Å². The second-order valence-electron chi connectivity index (χ2n) is 2.90. The van der Waals surface area contributed by atoms with Crippen LogP contribution in [-0.2, 0) is 5.75 Å². The van der Waals surface area contributed by atoms with Crippen molar-refractivity contribution in [1.82, 2.24) is 0 Å². The van der Waals surface area contributed by atoms with E-state index in [2.05, 4.69) is 0 Å². The summed E-state index contributed by atoms with van der Waals surface area (Å²) < 4.78 is 13.2. The van der Waals surface area contributed by atoms with Gasteiger partial charge in [0, 0.05) is 11.5 Å². The van der Waals surface area contributed by atoms with Gasteiger partial charge in [-0.15, -0.1) is 0 Å². The molecule has 0 bridgehead atoms. The molecule has 0 unspecified atom stereocenters. The van der Waals surface area contributed by atoms with Crippen LogP contribution in [0.2, 0.25) is 0 Å². The number of thioether (sulfide) groups is 1. The minimum Gasteiger partial charge on any atom is -0.478 e. The summed E-state index contributed by atoms with van der Waals surface area (Å²) in [6, 6.07) is 4.05. The zero-order valence-electron chi connectivity index (χ0n) is 7.94. The SMILES string of the molecule is O=C(O)c1ccc(CSCCO)cc1F. The Kier molecular flexibility index (Phi) is 4.58. The highest BCUT2D eigenvalue weighted by molar-refractivity contribution is 7.98. The number of halogens is 1. The molecule has 0 aliphatic heterocycles. The summed E-state index contributed by atoms with van der Waals surface area (Å²) in [6.45, 7) is 0.0837. The molecule has 0 heterocycles. The molecular formula is C10H11FO3S. The van der Waals surface area contributed by atoms with Gasteiger partial charge in [0.2, 0.25) is 0 Å². The standard InChI is InChI=1S/C10H11FO3S/c11-9-5-7(6-15-4-3-12)1-2-8(9)10(13)14/h1-2,5,12H,3-4,6H2,(H,13,14). The van der Waals surface area contributed by atoms with E-state index in [0.717, 1.165) is 5.56 Å². The summed E-state index contributed by atoms with van der Waals surface area (Å²) >= 11 is 1.47. The van der Waals surface area contributed by atoms with Gasteiger partial charge in [-0.25, -0.2) is 9.18 Å². The van der Waals surface area contributed by atoms with Crippen LogP contribution in [0.3, 0.4) is 0 Å². The fraction of sp³-hybridized carbons (Fsp3) is 0.300. The summed E-state index contributed by atoms with van der Waals surface area (Å²) in [5.74, 6) is -0.827. The molecule has 82 valence electrons. The Bertz CT molecular complexity index is 355. The first kappa shape index (κ1) is 12.0. The summed E-state index contributed by atoms with van der Waals surface area (Å²) in [6.07, 6.45) is 0. The van der Waals surface area contributed by atoms with E-state index in [0.29, 0.717) is 11.5 Å². The maximum Gasteiger partial charge on any atom is 0.338 e. The minimum absolute atomic E-state index is 0.0837. The van der Waals surface area contributed by atoms with Crippen molar-refractivity contribution in [2.24, 2.45) is 0 Å². The van der Waals surface area contributed by atoms with E-state index in [1.807, 2.05) is 0 Å².